The first-order valence-electron chi connectivity index (χ1n) is 14.3. The lowest BCUT2D eigenvalue weighted by atomic mass is 9.82. The Balaban J connectivity index is 1.28. The third-order valence-corrected chi connectivity index (χ3v) is 8.06. The van der Waals surface area contributed by atoms with E-state index in [4.69, 9.17) is 18.9 Å². The smallest absolute Gasteiger partial charge is 0.148 e. The molecule has 5 rings (SSSR count). The van der Waals surface area contributed by atoms with Crippen molar-refractivity contribution in [1.82, 2.24) is 25.5 Å². The topological polar surface area (TPSA) is 95.8 Å². The second kappa shape index (κ2) is 13.4. The van der Waals surface area contributed by atoms with Crippen LogP contribution in [0.5, 0.6) is 11.5 Å². The van der Waals surface area contributed by atoms with E-state index in [2.05, 4.69) is 63.0 Å². The van der Waals surface area contributed by atoms with E-state index in [1.165, 1.54) is 5.56 Å². The lowest BCUT2D eigenvalue weighted by molar-refractivity contribution is 0.00121. The predicted octanol–water partition coefficient (Wildman–Crippen LogP) is 3.91. The zero-order valence-corrected chi connectivity index (χ0v) is 24.1. The van der Waals surface area contributed by atoms with Gasteiger partial charge in [-0.15, -0.1) is 5.10 Å². The molecule has 2 aromatic carbocycles. The first-order valence-corrected chi connectivity index (χ1v) is 14.3. The molecule has 3 heterocycles. The molecule has 1 N–H and O–H groups in total. The fourth-order valence-corrected chi connectivity index (χ4v) is 5.92. The number of rotatable bonds is 12. The molecule has 0 spiro atoms. The Kier molecular flexibility index (Phi) is 9.51. The maximum Gasteiger partial charge on any atom is 0.148 e. The Labute approximate surface area is 236 Å². The number of aryl methyl sites for hydroxylation is 1. The van der Waals surface area contributed by atoms with Crippen molar-refractivity contribution in [3.8, 4) is 11.5 Å². The van der Waals surface area contributed by atoms with Crippen LogP contribution < -0.4 is 19.7 Å². The van der Waals surface area contributed by atoms with Gasteiger partial charge in [0.1, 0.15) is 23.9 Å². The lowest BCUT2D eigenvalue weighted by Gasteiger charge is -2.38. The van der Waals surface area contributed by atoms with Crippen LogP contribution in [0.1, 0.15) is 55.1 Å². The number of hydrogen-bond donors (Lipinski definition) is 1. The van der Waals surface area contributed by atoms with E-state index in [0.29, 0.717) is 19.3 Å². The molecule has 40 heavy (non-hydrogen) atoms. The molecular formula is C30H42N6O4. The van der Waals surface area contributed by atoms with Gasteiger partial charge in [0, 0.05) is 38.8 Å². The molecule has 1 saturated heterocycles. The van der Waals surface area contributed by atoms with Gasteiger partial charge in [-0.25, -0.2) is 4.68 Å². The van der Waals surface area contributed by atoms with Crippen molar-refractivity contribution in [2.75, 3.05) is 52.0 Å². The van der Waals surface area contributed by atoms with Crippen LogP contribution >= 0.6 is 0 Å². The van der Waals surface area contributed by atoms with Gasteiger partial charge < -0.3 is 29.2 Å². The summed E-state index contributed by atoms with van der Waals surface area (Å²) in [5.74, 6) is 2.90. The Hall–Kier alpha value is -3.21. The number of tetrazole rings is 1. The summed E-state index contributed by atoms with van der Waals surface area (Å²) in [5, 5.41) is 15.8. The molecule has 3 aromatic rings. The minimum Gasteiger partial charge on any atom is -0.497 e. The molecule has 10 heteroatoms. The van der Waals surface area contributed by atoms with Crippen LogP contribution in [0.4, 0.5) is 5.69 Å². The summed E-state index contributed by atoms with van der Waals surface area (Å²) in [6, 6.07) is 15.4. The first kappa shape index (κ1) is 28.3. The lowest BCUT2D eigenvalue weighted by Crippen LogP contribution is -2.47. The van der Waals surface area contributed by atoms with E-state index in [9.17, 15) is 0 Å². The number of fused-ring (bicyclic) bond motifs is 1. The molecule has 4 atom stereocenters. The summed E-state index contributed by atoms with van der Waals surface area (Å²) in [6.07, 6.45) is 2.93. The van der Waals surface area contributed by atoms with Gasteiger partial charge in [-0.3, -0.25) is 0 Å². The zero-order chi connectivity index (χ0) is 27.9. The molecular weight excluding hydrogens is 508 g/mol. The molecule has 0 amide bonds. The molecule has 216 valence electrons. The molecule has 0 radical (unpaired) electrons. The van der Waals surface area contributed by atoms with Gasteiger partial charge in [-0.05, 0) is 78.9 Å². The monoisotopic (exact) mass is 550 g/mol. The molecule has 0 bridgehead atoms. The number of aromatic nitrogens is 4. The molecule has 2 aliphatic rings. The predicted molar refractivity (Wildman–Crippen MR) is 153 cm³/mol. The maximum absolute atomic E-state index is 6.65. The molecule has 0 saturated carbocycles. The highest BCUT2D eigenvalue weighted by Crippen LogP contribution is 2.36. The maximum atomic E-state index is 6.65. The number of hydrogen-bond acceptors (Lipinski definition) is 9. The fourth-order valence-electron chi connectivity index (χ4n) is 5.92. The normalized spacial score (nSPS) is 21.5. The van der Waals surface area contributed by atoms with Crippen LogP contribution in [0.2, 0.25) is 0 Å². The van der Waals surface area contributed by atoms with Crippen molar-refractivity contribution in [2.45, 2.75) is 63.8 Å². The molecule has 1 fully saturated rings. The van der Waals surface area contributed by atoms with E-state index in [0.717, 1.165) is 74.1 Å². The van der Waals surface area contributed by atoms with E-state index in [1.54, 1.807) is 14.2 Å². The number of ether oxygens (including phenoxy) is 4. The Morgan fingerprint density at radius 1 is 1.15 bits per heavy atom. The number of methoxy groups -OCH3 is 2. The average Bonchev–Trinajstić information content (AvgIpc) is 3.42. The Morgan fingerprint density at radius 2 is 2.00 bits per heavy atom. The number of anilines is 1. The van der Waals surface area contributed by atoms with Gasteiger partial charge in [-0.1, -0.05) is 18.2 Å². The summed E-state index contributed by atoms with van der Waals surface area (Å²) in [5.41, 5.74) is 3.56. The number of nitrogens with zero attached hydrogens (tertiary/aromatic N) is 5. The van der Waals surface area contributed by atoms with E-state index in [1.807, 2.05) is 23.7 Å². The second-order valence-electron chi connectivity index (χ2n) is 10.8. The van der Waals surface area contributed by atoms with Gasteiger partial charge in [-0.2, -0.15) is 0 Å². The van der Waals surface area contributed by atoms with Gasteiger partial charge in [0.2, 0.25) is 0 Å². The molecule has 2 aliphatic heterocycles. The van der Waals surface area contributed by atoms with Crippen LogP contribution in [0, 0.1) is 6.92 Å². The van der Waals surface area contributed by atoms with Gasteiger partial charge >= 0.3 is 0 Å². The summed E-state index contributed by atoms with van der Waals surface area (Å²) in [4.78, 5) is 2.39. The number of benzene rings is 2. The van der Waals surface area contributed by atoms with Crippen LogP contribution in [-0.4, -0.2) is 79.4 Å². The van der Waals surface area contributed by atoms with E-state index >= 15 is 0 Å². The first-order chi connectivity index (χ1) is 19.6. The van der Waals surface area contributed by atoms with Gasteiger partial charge in [0.15, 0.2) is 0 Å². The van der Waals surface area contributed by atoms with Gasteiger partial charge in [0.25, 0.3) is 0 Å². The summed E-state index contributed by atoms with van der Waals surface area (Å²) < 4.78 is 25.2. The van der Waals surface area contributed by atoms with E-state index in [-0.39, 0.29) is 18.1 Å². The Morgan fingerprint density at radius 3 is 2.75 bits per heavy atom. The largest absolute Gasteiger partial charge is 0.497 e. The summed E-state index contributed by atoms with van der Waals surface area (Å²) >= 11 is 0. The van der Waals surface area contributed by atoms with Crippen LogP contribution in [0.25, 0.3) is 0 Å². The fraction of sp³-hybridized carbons (Fsp3) is 0.567. The summed E-state index contributed by atoms with van der Waals surface area (Å²) in [7, 11) is 3.45. The molecule has 1 aromatic heterocycles. The van der Waals surface area contributed by atoms with Crippen molar-refractivity contribution in [1.29, 1.82) is 0 Å². The van der Waals surface area contributed by atoms with Crippen LogP contribution in [0.15, 0.2) is 42.5 Å². The van der Waals surface area contributed by atoms with E-state index < -0.39 is 0 Å². The van der Waals surface area contributed by atoms with Crippen molar-refractivity contribution < 1.29 is 18.9 Å². The van der Waals surface area contributed by atoms with Crippen LogP contribution in [-0.2, 0) is 16.1 Å². The van der Waals surface area contributed by atoms with Crippen LogP contribution in [0.3, 0.4) is 0 Å². The standard InChI is InChI=1S/C30H42N6O4/c1-21(36-22(2)32-33-34-36)16-25-18-27(24-7-9-26(38-4)10-8-24)30(19-31-25)40-20-23-6-11-29-28(17-23)35(13-15-39-29)12-5-14-37-3/h6-11,17,21,25,27,30-31H,5,12-16,18-20H2,1-4H3/t21?,25-,27+,30-/m0/s1. The minimum atomic E-state index is 0.0415. The third-order valence-electron chi connectivity index (χ3n) is 8.06. The van der Waals surface area contributed by atoms with Crippen molar-refractivity contribution >= 4 is 5.69 Å². The molecule has 0 aliphatic carbocycles. The Bertz CT molecular complexity index is 1220. The number of piperidine rings is 1. The zero-order valence-electron chi connectivity index (χ0n) is 24.1. The van der Waals surface area contributed by atoms with Gasteiger partial charge in [0.05, 0.1) is 38.1 Å². The van der Waals surface area contributed by atoms with Crippen molar-refractivity contribution in [2.24, 2.45) is 0 Å². The SMILES string of the molecule is COCCCN1CCOc2ccc(CO[C@H]3CN[C@@H](CC(C)n4nnnc4C)C[C@@H]3c3ccc(OC)cc3)cc21. The summed E-state index contributed by atoms with van der Waals surface area (Å²) in [6.45, 7) is 8.74. The minimum absolute atomic E-state index is 0.0415. The van der Waals surface area contributed by atoms with Crippen molar-refractivity contribution in [3.63, 3.8) is 0 Å². The van der Waals surface area contributed by atoms with Crippen molar-refractivity contribution in [3.05, 3.63) is 59.4 Å². The molecule has 1 unspecified atom stereocenters. The highest BCUT2D eigenvalue weighted by atomic mass is 16.5. The quantitative estimate of drug-likeness (QED) is 0.337. The average molecular weight is 551 g/mol. The molecule has 10 nitrogen and oxygen atoms in total. The second-order valence-corrected chi connectivity index (χ2v) is 10.8. The number of nitrogens with one attached hydrogen (secondary N) is 1. The highest BCUT2D eigenvalue weighted by Gasteiger charge is 2.33. The highest BCUT2D eigenvalue weighted by molar-refractivity contribution is 5.61. The third kappa shape index (κ3) is 6.74.